The van der Waals surface area contributed by atoms with E-state index >= 15 is 0 Å². The van der Waals surface area contributed by atoms with Crippen LogP contribution in [-0.2, 0) is 13.2 Å². The molecule has 1 saturated heterocycles. The van der Waals surface area contributed by atoms with Gasteiger partial charge in [0.25, 0.3) is 0 Å². The Morgan fingerprint density at radius 1 is 1.04 bits per heavy atom. The molecule has 0 spiro atoms. The van der Waals surface area contributed by atoms with Crippen molar-refractivity contribution in [2.24, 2.45) is 5.92 Å². The maximum atomic E-state index is 9.79. The third kappa shape index (κ3) is 4.79. The summed E-state index contributed by atoms with van der Waals surface area (Å²) < 4.78 is 5.85. The molecule has 3 N–H and O–H groups in total. The summed E-state index contributed by atoms with van der Waals surface area (Å²) >= 11 is 0. The van der Waals surface area contributed by atoms with Crippen LogP contribution in [0, 0.1) is 5.92 Å². The molecule has 0 aromatic heterocycles. The van der Waals surface area contributed by atoms with Crippen molar-refractivity contribution >= 4 is 0 Å². The summed E-state index contributed by atoms with van der Waals surface area (Å²) in [5, 5.41) is 16.4. The van der Waals surface area contributed by atoms with Crippen molar-refractivity contribution in [3.05, 3.63) is 65.7 Å². The first kappa shape index (κ1) is 16.0. The highest BCUT2D eigenvalue weighted by Gasteiger charge is 2.23. The monoisotopic (exact) mass is 312 g/mol. The van der Waals surface area contributed by atoms with Gasteiger partial charge in [0.05, 0.1) is 6.10 Å². The highest BCUT2D eigenvalue weighted by Crippen LogP contribution is 2.15. The van der Waals surface area contributed by atoms with E-state index in [9.17, 15) is 5.11 Å². The van der Waals surface area contributed by atoms with Gasteiger partial charge in [0.2, 0.25) is 0 Å². The molecule has 4 heteroatoms. The highest BCUT2D eigenvalue weighted by atomic mass is 16.5. The van der Waals surface area contributed by atoms with Crippen molar-refractivity contribution in [1.29, 1.82) is 0 Å². The molecule has 3 rings (SSSR count). The van der Waals surface area contributed by atoms with E-state index in [0.717, 1.165) is 25.4 Å². The van der Waals surface area contributed by atoms with Crippen LogP contribution in [0.4, 0.5) is 0 Å². The molecule has 1 fully saturated rings. The van der Waals surface area contributed by atoms with Crippen LogP contribution in [0.2, 0.25) is 0 Å². The molecule has 1 heterocycles. The molecule has 4 nitrogen and oxygen atoms in total. The molecule has 2 atom stereocenters. The van der Waals surface area contributed by atoms with Crippen LogP contribution in [0.1, 0.15) is 11.1 Å². The summed E-state index contributed by atoms with van der Waals surface area (Å²) in [5.74, 6) is 1.18. The molecule has 2 unspecified atom stereocenters. The summed E-state index contributed by atoms with van der Waals surface area (Å²) in [6.45, 7) is 3.77. The number of aliphatic hydroxyl groups excluding tert-OH is 1. The van der Waals surface area contributed by atoms with Gasteiger partial charge < -0.3 is 20.5 Å². The standard InChI is InChI=1S/C19H24N2O2/c22-19-13-21-12-17(19)11-20-10-16-7-4-8-18(9-16)23-14-15-5-2-1-3-6-15/h1-9,17,19-22H,10-14H2. The molecule has 1 aliphatic heterocycles. The Morgan fingerprint density at radius 2 is 1.87 bits per heavy atom. The molecule has 1 aliphatic rings. The number of hydrogen-bond donors (Lipinski definition) is 3. The molecule has 0 aliphatic carbocycles. The summed E-state index contributed by atoms with van der Waals surface area (Å²) in [5.41, 5.74) is 2.36. The van der Waals surface area contributed by atoms with Crippen LogP contribution < -0.4 is 15.4 Å². The third-order valence-electron chi connectivity index (χ3n) is 4.19. The van der Waals surface area contributed by atoms with Crippen LogP contribution >= 0.6 is 0 Å². The Morgan fingerprint density at radius 3 is 2.65 bits per heavy atom. The number of aliphatic hydroxyl groups is 1. The lowest BCUT2D eigenvalue weighted by molar-refractivity contribution is 0.146. The second kappa shape index (κ2) is 8.11. The molecule has 0 radical (unpaired) electrons. The molecular weight excluding hydrogens is 288 g/mol. The van der Waals surface area contributed by atoms with Crippen LogP contribution in [0.25, 0.3) is 0 Å². The van der Waals surface area contributed by atoms with E-state index in [1.807, 2.05) is 30.3 Å². The minimum Gasteiger partial charge on any atom is -0.489 e. The van der Waals surface area contributed by atoms with Gasteiger partial charge in [0.15, 0.2) is 0 Å². The molecule has 0 saturated carbocycles. The number of nitrogens with one attached hydrogen (secondary N) is 2. The van der Waals surface area contributed by atoms with Crippen LogP contribution in [0.15, 0.2) is 54.6 Å². The summed E-state index contributed by atoms with van der Waals surface area (Å²) in [4.78, 5) is 0. The maximum Gasteiger partial charge on any atom is 0.120 e. The lowest BCUT2D eigenvalue weighted by Crippen LogP contribution is -2.30. The van der Waals surface area contributed by atoms with Crippen LogP contribution in [0.5, 0.6) is 5.75 Å². The van der Waals surface area contributed by atoms with E-state index in [0.29, 0.717) is 19.1 Å². The van der Waals surface area contributed by atoms with Gasteiger partial charge in [-0.05, 0) is 23.3 Å². The quantitative estimate of drug-likeness (QED) is 0.731. The highest BCUT2D eigenvalue weighted by molar-refractivity contribution is 5.29. The lowest BCUT2D eigenvalue weighted by Gasteiger charge is -2.14. The second-order valence-corrected chi connectivity index (χ2v) is 6.04. The fourth-order valence-electron chi connectivity index (χ4n) is 2.82. The van der Waals surface area contributed by atoms with Crippen molar-refractivity contribution < 1.29 is 9.84 Å². The third-order valence-corrected chi connectivity index (χ3v) is 4.19. The van der Waals surface area contributed by atoms with E-state index < -0.39 is 0 Å². The zero-order chi connectivity index (χ0) is 15.9. The van der Waals surface area contributed by atoms with Crippen molar-refractivity contribution in [1.82, 2.24) is 10.6 Å². The molecule has 122 valence electrons. The average Bonchev–Trinajstić information content (AvgIpc) is 3.00. The normalized spacial score (nSPS) is 20.6. The molecule has 2 aromatic carbocycles. The topological polar surface area (TPSA) is 53.5 Å². The Balaban J connectivity index is 1.47. The summed E-state index contributed by atoms with van der Waals surface area (Å²) in [6, 6.07) is 18.3. The predicted octanol–water partition coefficient (Wildman–Crippen LogP) is 1.94. The SMILES string of the molecule is OC1CNCC1CNCc1cccc(OCc2ccccc2)c1. The van der Waals surface area contributed by atoms with Crippen LogP contribution in [-0.4, -0.2) is 30.8 Å². The first-order chi connectivity index (χ1) is 11.3. The van der Waals surface area contributed by atoms with Gasteiger partial charge in [-0.1, -0.05) is 42.5 Å². The fourth-order valence-corrected chi connectivity index (χ4v) is 2.82. The number of hydrogen-bond acceptors (Lipinski definition) is 4. The van der Waals surface area contributed by atoms with Gasteiger partial charge in [-0.25, -0.2) is 0 Å². The minimum absolute atomic E-state index is 0.233. The zero-order valence-electron chi connectivity index (χ0n) is 13.2. The molecule has 0 amide bonds. The maximum absolute atomic E-state index is 9.79. The Hall–Kier alpha value is -1.88. The van der Waals surface area contributed by atoms with E-state index in [1.165, 1.54) is 11.1 Å². The van der Waals surface area contributed by atoms with Crippen LogP contribution in [0.3, 0.4) is 0 Å². The lowest BCUT2D eigenvalue weighted by atomic mass is 10.1. The number of β-amino-alcohol motifs (C(OH)–C–C–N with tert-alkyl or cyclic N) is 1. The summed E-state index contributed by atoms with van der Waals surface area (Å²) in [7, 11) is 0. The van der Waals surface area contributed by atoms with Gasteiger partial charge in [0, 0.05) is 32.1 Å². The Kier molecular flexibility index (Phi) is 5.64. The van der Waals surface area contributed by atoms with Gasteiger partial charge in [-0.2, -0.15) is 0 Å². The van der Waals surface area contributed by atoms with Gasteiger partial charge in [-0.15, -0.1) is 0 Å². The smallest absolute Gasteiger partial charge is 0.120 e. The second-order valence-electron chi connectivity index (χ2n) is 6.04. The average molecular weight is 312 g/mol. The van der Waals surface area contributed by atoms with Crippen molar-refractivity contribution in [3.8, 4) is 5.75 Å². The van der Waals surface area contributed by atoms with E-state index in [4.69, 9.17) is 4.74 Å². The van der Waals surface area contributed by atoms with E-state index in [2.05, 4.69) is 34.9 Å². The number of rotatable bonds is 7. The van der Waals surface area contributed by atoms with E-state index in [-0.39, 0.29) is 6.10 Å². The first-order valence-electron chi connectivity index (χ1n) is 8.16. The predicted molar refractivity (Wildman–Crippen MR) is 91.3 cm³/mol. The fraction of sp³-hybridized carbons (Fsp3) is 0.368. The largest absolute Gasteiger partial charge is 0.489 e. The minimum atomic E-state index is -0.233. The van der Waals surface area contributed by atoms with Crippen molar-refractivity contribution in [3.63, 3.8) is 0 Å². The zero-order valence-corrected chi connectivity index (χ0v) is 13.2. The van der Waals surface area contributed by atoms with Crippen molar-refractivity contribution in [2.45, 2.75) is 19.3 Å². The molecule has 0 bridgehead atoms. The molecule has 23 heavy (non-hydrogen) atoms. The molecule has 2 aromatic rings. The number of benzene rings is 2. The Labute approximate surface area is 137 Å². The first-order valence-corrected chi connectivity index (χ1v) is 8.16. The molecular formula is C19H24N2O2. The number of ether oxygens (including phenoxy) is 1. The van der Waals surface area contributed by atoms with Gasteiger partial charge in [-0.3, -0.25) is 0 Å². The van der Waals surface area contributed by atoms with Crippen molar-refractivity contribution in [2.75, 3.05) is 19.6 Å². The van der Waals surface area contributed by atoms with Gasteiger partial charge >= 0.3 is 0 Å². The van der Waals surface area contributed by atoms with E-state index in [1.54, 1.807) is 0 Å². The Bertz CT molecular complexity index is 603. The van der Waals surface area contributed by atoms with Gasteiger partial charge in [0.1, 0.15) is 12.4 Å². The summed E-state index contributed by atoms with van der Waals surface area (Å²) in [6.07, 6.45) is -0.233.